The first kappa shape index (κ1) is 75.8. The van der Waals surface area contributed by atoms with Gasteiger partial charge in [0.05, 0.1) is 0 Å². The van der Waals surface area contributed by atoms with Crippen molar-refractivity contribution in [2.75, 3.05) is 13.2 Å². The minimum Gasteiger partial charge on any atom is -0.462 e. The summed E-state index contributed by atoms with van der Waals surface area (Å²) in [5, 5.41) is 0. The average Bonchev–Trinajstić information content (AvgIpc) is 3.45. The number of esters is 3. The molecule has 0 aromatic rings. The van der Waals surface area contributed by atoms with Gasteiger partial charge in [0, 0.05) is 19.3 Å². The monoisotopic (exact) mass is 1100 g/mol. The van der Waals surface area contributed by atoms with Crippen LogP contribution in [0.1, 0.15) is 355 Å². The molecule has 0 aromatic carbocycles. The fourth-order valence-electron chi connectivity index (χ4n) is 9.95. The second-order valence-electron chi connectivity index (χ2n) is 23.1. The Kier molecular flexibility index (Phi) is 64.7. The van der Waals surface area contributed by atoms with Gasteiger partial charge in [-0.15, -0.1) is 0 Å². The molecule has 0 aliphatic carbocycles. The second-order valence-corrected chi connectivity index (χ2v) is 23.1. The predicted octanol–water partition coefficient (Wildman–Crippen LogP) is 23.7. The number of unbranched alkanes of at least 4 members (excludes halogenated alkanes) is 40. The van der Waals surface area contributed by atoms with Crippen LogP contribution in [-0.2, 0) is 28.6 Å². The van der Waals surface area contributed by atoms with Gasteiger partial charge < -0.3 is 14.2 Å². The van der Waals surface area contributed by atoms with Gasteiger partial charge in [0.15, 0.2) is 6.10 Å². The molecule has 0 saturated heterocycles. The van der Waals surface area contributed by atoms with E-state index in [1.807, 2.05) is 0 Å². The topological polar surface area (TPSA) is 78.9 Å². The summed E-state index contributed by atoms with van der Waals surface area (Å²) in [7, 11) is 0. The van der Waals surface area contributed by atoms with Gasteiger partial charge in [0.2, 0.25) is 0 Å². The maximum atomic E-state index is 12.9. The van der Waals surface area contributed by atoms with Crippen LogP contribution in [0.4, 0.5) is 0 Å². The number of carbonyl (C=O) groups excluding carboxylic acids is 3. The third-order valence-electron chi connectivity index (χ3n) is 15.2. The molecule has 0 heterocycles. The van der Waals surface area contributed by atoms with E-state index in [1.54, 1.807) is 0 Å². The Morgan fingerprint density at radius 1 is 0.253 bits per heavy atom. The molecule has 79 heavy (non-hydrogen) atoms. The van der Waals surface area contributed by atoms with Gasteiger partial charge in [-0.05, 0) is 116 Å². The van der Waals surface area contributed by atoms with Crippen molar-refractivity contribution in [3.63, 3.8) is 0 Å². The highest BCUT2D eigenvalue weighted by Crippen LogP contribution is 2.17. The number of hydrogen-bond acceptors (Lipinski definition) is 6. The van der Waals surface area contributed by atoms with Crippen LogP contribution in [-0.4, -0.2) is 37.2 Å². The van der Waals surface area contributed by atoms with Gasteiger partial charge in [0.1, 0.15) is 13.2 Å². The highest BCUT2D eigenvalue weighted by Gasteiger charge is 2.19. The van der Waals surface area contributed by atoms with Crippen LogP contribution in [0.2, 0.25) is 0 Å². The molecule has 1 atom stereocenters. The first-order valence-electron chi connectivity index (χ1n) is 34.4. The van der Waals surface area contributed by atoms with Crippen molar-refractivity contribution < 1.29 is 28.6 Å². The van der Waals surface area contributed by atoms with Gasteiger partial charge in [-0.2, -0.15) is 0 Å². The van der Waals surface area contributed by atoms with Crippen LogP contribution in [0.25, 0.3) is 0 Å². The lowest BCUT2D eigenvalue weighted by molar-refractivity contribution is -0.167. The maximum absolute atomic E-state index is 12.9. The number of allylic oxidation sites excluding steroid dienone is 12. The molecule has 6 nitrogen and oxygen atoms in total. The molecule has 0 aliphatic rings. The standard InChI is InChI=1S/C73H130O6/c1-4-7-10-13-16-19-22-25-27-29-30-31-32-33-34-35-36-37-38-39-40-41-42-44-45-48-51-54-57-60-63-66-72(75)78-69-70(68-77-71(74)65-62-59-56-53-50-47-24-21-18-15-12-9-6-3)79-73(76)67-64-61-58-55-52-49-46-43-28-26-23-20-17-14-11-8-5-2/h17,20-22,24-26,28-30,32-33,70H,4-16,18-19,23,27,31,34-69H2,1-3H3/b20-17-,24-21-,25-22-,28-26-,30-29-,33-32-. The van der Waals surface area contributed by atoms with Gasteiger partial charge in [-0.1, -0.05) is 293 Å². The average molecular weight is 1100 g/mol. The molecule has 0 bridgehead atoms. The SMILES string of the molecule is CCCCC/C=C\C/C=C\CCCCCCCCCC(=O)OC(COC(=O)CCCCCCC/C=C\CCCCCC)COC(=O)CCCCCCCCCCCCCCCCCC/C=C\C/C=C\C/C=C\CCCCCCC. The van der Waals surface area contributed by atoms with Gasteiger partial charge in [-0.3, -0.25) is 14.4 Å². The molecule has 0 aliphatic heterocycles. The quantitative estimate of drug-likeness (QED) is 0.0261. The van der Waals surface area contributed by atoms with E-state index < -0.39 is 6.10 Å². The van der Waals surface area contributed by atoms with Crippen molar-refractivity contribution in [2.24, 2.45) is 0 Å². The Morgan fingerprint density at radius 3 is 0.759 bits per heavy atom. The number of hydrogen-bond donors (Lipinski definition) is 0. The molecule has 0 fully saturated rings. The number of rotatable bonds is 63. The van der Waals surface area contributed by atoms with Crippen LogP contribution >= 0.6 is 0 Å². The molecule has 0 spiro atoms. The number of ether oxygens (including phenoxy) is 3. The van der Waals surface area contributed by atoms with Crippen LogP contribution in [0, 0.1) is 0 Å². The molecule has 0 amide bonds. The predicted molar refractivity (Wildman–Crippen MR) is 344 cm³/mol. The summed E-state index contributed by atoms with van der Waals surface area (Å²) < 4.78 is 16.9. The van der Waals surface area contributed by atoms with Gasteiger partial charge in [-0.25, -0.2) is 0 Å². The summed E-state index contributed by atoms with van der Waals surface area (Å²) in [5.41, 5.74) is 0. The lowest BCUT2D eigenvalue weighted by Crippen LogP contribution is -2.30. The largest absolute Gasteiger partial charge is 0.462 e. The lowest BCUT2D eigenvalue weighted by atomic mass is 10.0. The molecular weight excluding hydrogens is 973 g/mol. The third-order valence-corrected chi connectivity index (χ3v) is 15.2. The van der Waals surface area contributed by atoms with Gasteiger partial charge in [0.25, 0.3) is 0 Å². The zero-order chi connectivity index (χ0) is 57.1. The Bertz CT molecular complexity index is 1450. The molecule has 458 valence electrons. The molecule has 1 unspecified atom stereocenters. The maximum Gasteiger partial charge on any atom is 0.306 e. The summed E-state index contributed by atoms with van der Waals surface area (Å²) >= 11 is 0. The van der Waals surface area contributed by atoms with Crippen LogP contribution in [0.5, 0.6) is 0 Å². The van der Waals surface area contributed by atoms with Gasteiger partial charge >= 0.3 is 17.9 Å². The molecular formula is C73H130O6. The minimum atomic E-state index is -0.783. The highest BCUT2D eigenvalue weighted by atomic mass is 16.6. The fourth-order valence-corrected chi connectivity index (χ4v) is 9.95. The first-order chi connectivity index (χ1) is 39.0. The Morgan fingerprint density at radius 2 is 0.456 bits per heavy atom. The molecule has 0 saturated carbocycles. The highest BCUT2D eigenvalue weighted by molar-refractivity contribution is 5.71. The van der Waals surface area contributed by atoms with E-state index >= 15 is 0 Å². The van der Waals surface area contributed by atoms with Crippen LogP contribution < -0.4 is 0 Å². The van der Waals surface area contributed by atoms with Crippen molar-refractivity contribution in [2.45, 2.75) is 361 Å². The molecule has 0 aromatic heterocycles. The van der Waals surface area contributed by atoms with E-state index in [9.17, 15) is 14.4 Å². The second kappa shape index (κ2) is 67.4. The molecule has 0 N–H and O–H groups in total. The van der Waals surface area contributed by atoms with E-state index in [-0.39, 0.29) is 31.1 Å². The van der Waals surface area contributed by atoms with E-state index in [4.69, 9.17) is 14.2 Å². The summed E-state index contributed by atoms with van der Waals surface area (Å²) in [6.45, 7) is 6.61. The van der Waals surface area contributed by atoms with Crippen molar-refractivity contribution in [1.29, 1.82) is 0 Å². The summed E-state index contributed by atoms with van der Waals surface area (Å²) in [6, 6.07) is 0. The van der Waals surface area contributed by atoms with Crippen molar-refractivity contribution in [3.8, 4) is 0 Å². The number of carbonyl (C=O) groups is 3. The van der Waals surface area contributed by atoms with E-state index in [0.29, 0.717) is 19.3 Å². The van der Waals surface area contributed by atoms with Crippen molar-refractivity contribution in [3.05, 3.63) is 72.9 Å². The first-order valence-corrected chi connectivity index (χ1v) is 34.4. The minimum absolute atomic E-state index is 0.0786. The summed E-state index contributed by atoms with van der Waals surface area (Å²) in [4.78, 5) is 38.3. The fraction of sp³-hybridized carbons (Fsp3) is 0.795. The van der Waals surface area contributed by atoms with Crippen molar-refractivity contribution in [1.82, 2.24) is 0 Å². The summed E-state index contributed by atoms with van der Waals surface area (Å²) in [6.07, 6.45) is 87.8. The molecule has 6 heteroatoms. The zero-order valence-electron chi connectivity index (χ0n) is 52.6. The van der Waals surface area contributed by atoms with Crippen LogP contribution in [0.15, 0.2) is 72.9 Å². The van der Waals surface area contributed by atoms with E-state index in [0.717, 1.165) is 89.9 Å². The smallest absolute Gasteiger partial charge is 0.306 e. The summed E-state index contributed by atoms with van der Waals surface area (Å²) in [5.74, 6) is -0.879. The van der Waals surface area contributed by atoms with E-state index in [2.05, 4.69) is 93.7 Å². The Labute approximate surface area is 491 Å². The normalized spacial score (nSPS) is 12.5. The molecule has 0 rings (SSSR count). The third kappa shape index (κ3) is 65.5. The lowest BCUT2D eigenvalue weighted by Gasteiger charge is -2.18. The van der Waals surface area contributed by atoms with Crippen LogP contribution in [0.3, 0.4) is 0 Å². The molecule has 0 radical (unpaired) electrons. The zero-order valence-corrected chi connectivity index (χ0v) is 52.6. The Hall–Kier alpha value is -3.15. The van der Waals surface area contributed by atoms with Crippen molar-refractivity contribution >= 4 is 17.9 Å². The van der Waals surface area contributed by atoms with E-state index in [1.165, 1.54) is 225 Å². The Balaban J connectivity index is 4.20.